The highest BCUT2D eigenvalue weighted by Crippen LogP contribution is 2.09. The van der Waals surface area contributed by atoms with Crippen molar-refractivity contribution in [2.24, 2.45) is 7.05 Å². The first-order valence-corrected chi connectivity index (χ1v) is 6.55. The van der Waals surface area contributed by atoms with Crippen LogP contribution in [0.3, 0.4) is 0 Å². The van der Waals surface area contributed by atoms with Crippen LogP contribution in [0.5, 0.6) is 0 Å². The molecule has 2 rings (SSSR count). The highest BCUT2D eigenvalue weighted by atomic mass is 32.2. The molecule has 7 heteroatoms. The smallest absolute Gasteiger partial charge is 0.227 e. The van der Waals surface area contributed by atoms with Gasteiger partial charge in [0.05, 0.1) is 12.2 Å². The molecule has 0 aliphatic carbocycles. The molecular weight excluding hydrogens is 228 g/mol. The van der Waals surface area contributed by atoms with Gasteiger partial charge in [0.2, 0.25) is 15.0 Å². The number of aromatic nitrogens is 4. The summed E-state index contributed by atoms with van der Waals surface area (Å²) < 4.78 is 26.1. The zero-order valence-electron chi connectivity index (χ0n) is 9.03. The molecule has 0 bridgehead atoms. The molecule has 2 aromatic rings. The molecule has 0 fully saturated rings. The van der Waals surface area contributed by atoms with Crippen molar-refractivity contribution in [3.63, 3.8) is 0 Å². The van der Waals surface area contributed by atoms with Crippen LogP contribution in [0.15, 0.2) is 29.8 Å². The van der Waals surface area contributed by atoms with E-state index in [0.717, 1.165) is 11.9 Å². The second-order valence-corrected chi connectivity index (χ2v) is 5.47. The van der Waals surface area contributed by atoms with Gasteiger partial charge in [0.25, 0.3) is 0 Å². The Labute approximate surface area is 93.5 Å². The quantitative estimate of drug-likeness (QED) is 0.761. The Hall–Kier alpha value is -1.63. The average molecular weight is 240 g/mol. The zero-order valence-corrected chi connectivity index (χ0v) is 9.85. The van der Waals surface area contributed by atoms with E-state index < -0.39 is 9.84 Å². The van der Waals surface area contributed by atoms with Crippen LogP contribution in [-0.4, -0.2) is 34.0 Å². The van der Waals surface area contributed by atoms with Gasteiger partial charge in [-0.2, -0.15) is 5.10 Å². The van der Waals surface area contributed by atoms with Crippen LogP contribution in [0.2, 0.25) is 0 Å². The zero-order chi connectivity index (χ0) is 11.8. The average Bonchev–Trinajstić information content (AvgIpc) is 2.76. The van der Waals surface area contributed by atoms with E-state index in [1.807, 2.05) is 13.1 Å². The van der Waals surface area contributed by atoms with E-state index in [0.29, 0.717) is 6.54 Å². The van der Waals surface area contributed by atoms with Crippen molar-refractivity contribution >= 4 is 9.84 Å². The van der Waals surface area contributed by atoms with E-state index in [2.05, 4.69) is 10.1 Å². The Kier molecular flexibility index (Phi) is 2.55. The highest BCUT2D eigenvalue weighted by molar-refractivity contribution is 7.90. The second kappa shape index (κ2) is 3.75. The van der Waals surface area contributed by atoms with E-state index >= 15 is 0 Å². The number of rotatable bonds is 3. The number of aryl methyl sites for hydroxylation is 1. The lowest BCUT2D eigenvalue weighted by Crippen LogP contribution is -2.11. The molecule has 0 N–H and O–H groups in total. The van der Waals surface area contributed by atoms with E-state index in [-0.39, 0.29) is 5.16 Å². The standard InChI is InChI=1S/C9H12N4O2S/c1-12-8(3-4-11-12)7-13-6-5-10-9(13)16(2,14)15/h3-6H,7H2,1-2H3. The lowest BCUT2D eigenvalue weighted by atomic mass is 10.4. The van der Waals surface area contributed by atoms with Gasteiger partial charge < -0.3 is 4.57 Å². The molecule has 0 spiro atoms. The first-order valence-electron chi connectivity index (χ1n) is 4.66. The summed E-state index contributed by atoms with van der Waals surface area (Å²) in [5, 5.41) is 4.10. The van der Waals surface area contributed by atoms with Gasteiger partial charge in [-0.25, -0.2) is 13.4 Å². The predicted octanol–water partition coefficient (Wildman–Crippen LogP) is 0.0684. The lowest BCUT2D eigenvalue weighted by Gasteiger charge is -2.06. The molecule has 86 valence electrons. The van der Waals surface area contributed by atoms with E-state index in [9.17, 15) is 8.42 Å². The predicted molar refractivity (Wildman–Crippen MR) is 57.6 cm³/mol. The minimum absolute atomic E-state index is 0.0775. The molecular formula is C9H12N4O2S. The fourth-order valence-electron chi connectivity index (χ4n) is 1.48. The maximum atomic E-state index is 11.4. The molecule has 2 heterocycles. The van der Waals surface area contributed by atoms with Crippen LogP contribution < -0.4 is 0 Å². The van der Waals surface area contributed by atoms with Gasteiger partial charge in [0, 0.05) is 31.9 Å². The van der Waals surface area contributed by atoms with Gasteiger partial charge in [0.1, 0.15) is 0 Å². The molecule has 0 saturated carbocycles. The third-order valence-corrected chi connectivity index (χ3v) is 3.27. The van der Waals surface area contributed by atoms with Gasteiger partial charge in [-0.3, -0.25) is 4.68 Å². The SMILES string of the molecule is Cn1nccc1Cn1ccnc1S(C)(=O)=O. The van der Waals surface area contributed by atoms with Crippen molar-refractivity contribution in [1.29, 1.82) is 0 Å². The number of sulfone groups is 1. The fraction of sp³-hybridized carbons (Fsp3) is 0.333. The molecule has 6 nitrogen and oxygen atoms in total. The van der Waals surface area contributed by atoms with Crippen molar-refractivity contribution in [3.05, 3.63) is 30.4 Å². The topological polar surface area (TPSA) is 69.8 Å². The normalized spacial score (nSPS) is 11.9. The van der Waals surface area contributed by atoms with Crippen molar-refractivity contribution in [3.8, 4) is 0 Å². The molecule has 0 saturated heterocycles. The summed E-state index contributed by atoms with van der Waals surface area (Å²) >= 11 is 0. The molecule has 0 amide bonds. The first-order chi connectivity index (χ1) is 7.48. The minimum atomic E-state index is -3.28. The van der Waals surface area contributed by atoms with Gasteiger partial charge in [0.15, 0.2) is 0 Å². The molecule has 0 aliphatic rings. The molecule has 0 unspecified atom stereocenters. The van der Waals surface area contributed by atoms with Gasteiger partial charge >= 0.3 is 0 Å². The van der Waals surface area contributed by atoms with E-state index in [1.165, 1.54) is 6.20 Å². The Morgan fingerprint density at radius 3 is 2.69 bits per heavy atom. The molecule has 16 heavy (non-hydrogen) atoms. The maximum Gasteiger partial charge on any atom is 0.227 e. The third-order valence-electron chi connectivity index (χ3n) is 2.26. The fourth-order valence-corrected chi connectivity index (χ4v) is 2.28. The largest absolute Gasteiger partial charge is 0.316 e. The van der Waals surface area contributed by atoms with Gasteiger partial charge in [-0.05, 0) is 6.07 Å². The number of hydrogen-bond acceptors (Lipinski definition) is 4. The number of imidazole rings is 1. The lowest BCUT2D eigenvalue weighted by molar-refractivity contribution is 0.570. The Morgan fingerprint density at radius 1 is 1.38 bits per heavy atom. The number of hydrogen-bond donors (Lipinski definition) is 0. The minimum Gasteiger partial charge on any atom is -0.316 e. The van der Waals surface area contributed by atoms with Crippen molar-refractivity contribution < 1.29 is 8.42 Å². The van der Waals surface area contributed by atoms with Crippen LogP contribution in [0.4, 0.5) is 0 Å². The molecule has 0 aromatic carbocycles. The van der Waals surface area contributed by atoms with Crippen molar-refractivity contribution in [2.75, 3.05) is 6.26 Å². The van der Waals surface area contributed by atoms with Crippen molar-refractivity contribution in [2.45, 2.75) is 11.7 Å². The summed E-state index contributed by atoms with van der Waals surface area (Å²) in [5.41, 5.74) is 0.919. The molecule has 2 aromatic heterocycles. The summed E-state index contributed by atoms with van der Waals surface area (Å²) in [6.07, 6.45) is 5.94. The summed E-state index contributed by atoms with van der Waals surface area (Å²) in [6.45, 7) is 0.443. The van der Waals surface area contributed by atoms with Crippen LogP contribution in [0, 0.1) is 0 Å². The molecule has 0 radical (unpaired) electrons. The third kappa shape index (κ3) is 1.99. The first kappa shape index (κ1) is 10.9. The van der Waals surface area contributed by atoms with Crippen molar-refractivity contribution in [1.82, 2.24) is 19.3 Å². The summed E-state index contributed by atoms with van der Waals surface area (Å²) in [7, 11) is -1.47. The molecule has 0 atom stereocenters. The van der Waals surface area contributed by atoms with E-state index in [1.54, 1.807) is 21.6 Å². The van der Waals surface area contributed by atoms with Crippen LogP contribution >= 0.6 is 0 Å². The number of nitrogens with zero attached hydrogens (tertiary/aromatic N) is 4. The van der Waals surface area contributed by atoms with Crippen LogP contribution in [0.25, 0.3) is 0 Å². The highest BCUT2D eigenvalue weighted by Gasteiger charge is 2.15. The van der Waals surface area contributed by atoms with Crippen LogP contribution in [0.1, 0.15) is 5.69 Å². The maximum absolute atomic E-state index is 11.4. The summed E-state index contributed by atoms with van der Waals surface area (Å²) in [6, 6.07) is 1.84. The Bertz CT molecular complexity index is 597. The van der Waals surface area contributed by atoms with E-state index in [4.69, 9.17) is 0 Å². The monoisotopic (exact) mass is 240 g/mol. The van der Waals surface area contributed by atoms with Gasteiger partial charge in [-0.1, -0.05) is 0 Å². The van der Waals surface area contributed by atoms with Crippen LogP contribution in [-0.2, 0) is 23.4 Å². The van der Waals surface area contributed by atoms with Gasteiger partial charge in [-0.15, -0.1) is 0 Å². The Morgan fingerprint density at radius 2 is 2.12 bits per heavy atom. The summed E-state index contributed by atoms with van der Waals surface area (Å²) in [4.78, 5) is 3.84. The summed E-state index contributed by atoms with van der Waals surface area (Å²) in [5.74, 6) is 0. The second-order valence-electron chi connectivity index (χ2n) is 3.56. The molecule has 0 aliphatic heterocycles. The Balaban J connectivity index is 2.37.